The van der Waals surface area contributed by atoms with E-state index in [1.807, 2.05) is 77.0 Å². The van der Waals surface area contributed by atoms with Crippen molar-refractivity contribution in [3.63, 3.8) is 0 Å². The third-order valence-electron chi connectivity index (χ3n) is 4.93. The highest BCUT2D eigenvalue weighted by Gasteiger charge is 2.24. The summed E-state index contributed by atoms with van der Waals surface area (Å²) in [7, 11) is 0. The lowest BCUT2D eigenvalue weighted by atomic mass is 9.96. The molecule has 2 aromatic heterocycles. The van der Waals surface area contributed by atoms with Gasteiger partial charge in [-0.15, -0.1) is 0 Å². The molecule has 1 aliphatic heterocycles. The highest BCUT2D eigenvalue weighted by atomic mass is 16.2. The lowest BCUT2D eigenvalue weighted by Gasteiger charge is -2.32. The van der Waals surface area contributed by atoms with Crippen molar-refractivity contribution in [2.75, 3.05) is 13.1 Å². The highest BCUT2D eigenvalue weighted by Crippen LogP contribution is 2.21. The SMILES string of the molecule is O=C(c1cccc(-n2cccc2)c1)N1CCC(Cn2ccnc2)CC1. The van der Waals surface area contributed by atoms with Crippen LogP contribution in [0.3, 0.4) is 0 Å². The first-order chi connectivity index (χ1) is 12.3. The molecule has 0 aliphatic carbocycles. The molecule has 1 amide bonds. The lowest BCUT2D eigenvalue weighted by molar-refractivity contribution is 0.0683. The van der Waals surface area contributed by atoms with E-state index in [-0.39, 0.29) is 5.91 Å². The molecule has 0 atom stereocenters. The smallest absolute Gasteiger partial charge is 0.253 e. The summed E-state index contributed by atoms with van der Waals surface area (Å²) in [6, 6.07) is 11.8. The molecule has 25 heavy (non-hydrogen) atoms. The molecule has 5 nitrogen and oxygen atoms in total. The van der Waals surface area contributed by atoms with Crippen LogP contribution in [-0.2, 0) is 6.54 Å². The van der Waals surface area contributed by atoms with Crippen LogP contribution in [0.15, 0.2) is 67.5 Å². The first kappa shape index (κ1) is 15.7. The number of amides is 1. The van der Waals surface area contributed by atoms with E-state index >= 15 is 0 Å². The van der Waals surface area contributed by atoms with E-state index in [1.165, 1.54) is 0 Å². The van der Waals surface area contributed by atoms with Gasteiger partial charge in [0, 0.05) is 55.7 Å². The number of aromatic nitrogens is 3. The molecule has 0 spiro atoms. The summed E-state index contributed by atoms with van der Waals surface area (Å²) in [6.07, 6.45) is 11.8. The quantitative estimate of drug-likeness (QED) is 0.735. The van der Waals surface area contributed by atoms with Crippen LogP contribution in [0.5, 0.6) is 0 Å². The normalized spacial score (nSPS) is 15.4. The van der Waals surface area contributed by atoms with Crippen LogP contribution in [-0.4, -0.2) is 38.0 Å². The lowest BCUT2D eigenvalue weighted by Crippen LogP contribution is -2.39. The van der Waals surface area contributed by atoms with Crippen molar-refractivity contribution in [1.29, 1.82) is 0 Å². The number of carbonyl (C=O) groups is 1. The Hall–Kier alpha value is -2.82. The molecule has 5 heteroatoms. The molecule has 0 radical (unpaired) electrons. The second kappa shape index (κ2) is 6.97. The van der Waals surface area contributed by atoms with Gasteiger partial charge in [-0.05, 0) is 49.1 Å². The second-order valence-corrected chi connectivity index (χ2v) is 6.64. The maximum Gasteiger partial charge on any atom is 0.253 e. The number of nitrogens with zero attached hydrogens (tertiary/aromatic N) is 4. The van der Waals surface area contributed by atoms with Crippen molar-refractivity contribution >= 4 is 5.91 Å². The van der Waals surface area contributed by atoms with Crippen molar-refractivity contribution in [3.05, 3.63) is 73.1 Å². The van der Waals surface area contributed by atoms with E-state index in [4.69, 9.17) is 0 Å². The molecule has 0 bridgehead atoms. The van der Waals surface area contributed by atoms with Crippen molar-refractivity contribution in [2.45, 2.75) is 19.4 Å². The molecule has 0 N–H and O–H groups in total. The fraction of sp³-hybridized carbons (Fsp3) is 0.300. The molecular weight excluding hydrogens is 312 g/mol. The Morgan fingerprint density at radius 3 is 2.60 bits per heavy atom. The summed E-state index contributed by atoms with van der Waals surface area (Å²) in [5.74, 6) is 0.750. The van der Waals surface area contributed by atoms with E-state index in [9.17, 15) is 4.79 Å². The third kappa shape index (κ3) is 3.50. The van der Waals surface area contributed by atoms with Crippen LogP contribution in [0.1, 0.15) is 23.2 Å². The monoisotopic (exact) mass is 334 g/mol. The van der Waals surface area contributed by atoms with E-state index in [0.717, 1.165) is 43.7 Å². The number of piperidine rings is 1. The zero-order valence-corrected chi connectivity index (χ0v) is 14.2. The van der Waals surface area contributed by atoms with Gasteiger partial charge in [-0.3, -0.25) is 4.79 Å². The van der Waals surface area contributed by atoms with Crippen molar-refractivity contribution in [2.24, 2.45) is 5.92 Å². The summed E-state index contributed by atoms with van der Waals surface area (Å²) in [6.45, 7) is 2.64. The zero-order chi connectivity index (χ0) is 17.1. The molecule has 3 heterocycles. The van der Waals surface area contributed by atoms with Gasteiger partial charge >= 0.3 is 0 Å². The van der Waals surface area contributed by atoms with E-state index in [0.29, 0.717) is 5.92 Å². The van der Waals surface area contributed by atoms with Crippen molar-refractivity contribution in [1.82, 2.24) is 19.0 Å². The Morgan fingerprint density at radius 1 is 1.08 bits per heavy atom. The fourth-order valence-electron chi connectivity index (χ4n) is 3.50. The fourth-order valence-corrected chi connectivity index (χ4v) is 3.50. The van der Waals surface area contributed by atoms with Gasteiger partial charge in [0.2, 0.25) is 0 Å². The predicted molar refractivity (Wildman–Crippen MR) is 96.6 cm³/mol. The number of imidazole rings is 1. The van der Waals surface area contributed by atoms with Gasteiger partial charge in [0.15, 0.2) is 0 Å². The van der Waals surface area contributed by atoms with Gasteiger partial charge in [-0.1, -0.05) is 6.07 Å². The second-order valence-electron chi connectivity index (χ2n) is 6.64. The Bertz CT molecular complexity index is 815. The van der Waals surface area contributed by atoms with Crippen LogP contribution >= 0.6 is 0 Å². The minimum absolute atomic E-state index is 0.134. The number of benzene rings is 1. The molecular formula is C20H22N4O. The first-order valence-corrected chi connectivity index (χ1v) is 8.78. The van der Waals surface area contributed by atoms with Crippen molar-refractivity contribution < 1.29 is 4.79 Å². The van der Waals surface area contributed by atoms with Gasteiger partial charge in [0.25, 0.3) is 5.91 Å². The van der Waals surface area contributed by atoms with Gasteiger partial charge in [0.05, 0.1) is 6.33 Å². The molecule has 1 saturated heterocycles. The van der Waals surface area contributed by atoms with Crippen LogP contribution < -0.4 is 0 Å². The van der Waals surface area contributed by atoms with E-state index in [2.05, 4.69) is 9.55 Å². The average Bonchev–Trinajstić information content (AvgIpc) is 3.36. The molecule has 0 saturated carbocycles. The van der Waals surface area contributed by atoms with Crippen LogP contribution in [0.25, 0.3) is 5.69 Å². The molecule has 1 aliphatic rings. The summed E-state index contributed by atoms with van der Waals surface area (Å²) in [5.41, 5.74) is 1.78. The molecule has 1 aromatic carbocycles. The maximum absolute atomic E-state index is 12.8. The summed E-state index contributed by atoms with van der Waals surface area (Å²) >= 11 is 0. The minimum Gasteiger partial charge on any atom is -0.339 e. The zero-order valence-electron chi connectivity index (χ0n) is 14.2. The Morgan fingerprint density at radius 2 is 1.88 bits per heavy atom. The predicted octanol–water partition coefficient (Wildman–Crippen LogP) is 3.23. The van der Waals surface area contributed by atoms with Crippen molar-refractivity contribution in [3.8, 4) is 5.69 Å². The van der Waals surface area contributed by atoms with Crippen LogP contribution in [0.4, 0.5) is 0 Å². The summed E-state index contributed by atoms with van der Waals surface area (Å²) in [4.78, 5) is 18.9. The molecule has 128 valence electrons. The van der Waals surface area contributed by atoms with Crippen LogP contribution in [0.2, 0.25) is 0 Å². The highest BCUT2D eigenvalue weighted by molar-refractivity contribution is 5.94. The van der Waals surface area contributed by atoms with Gasteiger partial charge < -0.3 is 14.0 Å². The molecule has 1 fully saturated rings. The van der Waals surface area contributed by atoms with E-state index < -0.39 is 0 Å². The van der Waals surface area contributed by atoms with E-state index in [1.54, 1.807) is 0 Å². The maximum atomic E-state index is 12.8. The van der Waals surface area contributed by atoms with Crippen LogP contribution in [0, 0.1) is 5.92 Å². The Kier molecular flexibility index (Phi) is 4.37. The number of hydrogen-bond donors (Lipinski definition) is 0. The number of carbonyl (C=O) groups excluding carboxylic acids is 1. The molecule has 0 unspecified atom stereocenters. The molecule has 4 rings (SSSR count). The standard InChI is InChI=1S/C20H22N4O/c25-20(18-4-3-5-19(14-18)23-9-1-2-10-23)24-11-6-17(7-12-24)15-22-13-8-21-16-22/h1-5,8-10,13-14,16-17H,6-7,11-12,15H2. The van der Waals surface area contributed by atoms with Gasteiger partial charge in [0.1, 0.15) is 0 Å². The van der Waals surface area contributed by atoms with Gasteiger partial charge in [-0.2, -0.15) is 0 Å². The number of hydrogen-bond acceptors (Lipinski definition) is 2. The Balaban J connectivity index is 1.40. The number of likely N-dealkylation sites (tertiary alicyclic amines) is 1. The minimum atomic E-state index is 0.134. The average molecular weight is 334 g/mol. The topological polar surface area (TPSA) is 43.1 Å². The summed E-state index contributed by atoms with van der Waals surface area (Å²) in [5, 5.41) is 0. The Labute approximate surface area is 147 Å². The third-order valence-corrected chi connectivity index (χ3v) is 4.93. The largest absolute Gasteiger partial charge is 0.339 e. The van der Waals surface area contributed by atoms with Gasteiger partial charge in [-0.25, -0.2) is 4.98 Å². The first-order valence-electron chi connectivity index (χ1n) is 8.78. The molecule has 3 aromatic rings. The summed E-state index contributed by atoms with van der Waals surface area (Å²) < 4.78 is 4.15. The number of rotatable bonds is 4.